The van der Waals surface area contributed by atoms with Crippen molar-refractivity contribution >= 4 is 22.4 Å². The standard InChI is InChI=1S/C13H16F2N2O2S.ClH/c14-11-2-1-3-12(13(11)15)20(18,19)17-7-6-9-4-5-10(8-17)16-9;/h1-3,9-10,16H,4-8H2;1H. The number of nitrogens with one attached hydrogen (secondary N) is 1. The van der Waals surface area contributed by atoms with Crippen LogP contribution in [-0.4, -0.2) is 37.9 Å². The highest BCUT2D eigenvalue weighted by atomic mass is 35.5. The molecule has 2 aliphatic heterocycles. The molecule has 8 heteroatoms. The van der Waals surface area contributed by atoms with Gasteiger partial charge in [-0.05, 0) is 31.4 Å². The first-order valence-electron chi connectivity index (χ1n) is 6.68. The Morgan fingerprint density at radius 1 is 1.14 bits per heavy atom. The molecule has 21 heavy (non-hydrogen) atoms. The van der Waals surface area contributed by atoms with Crippen LogP contribution in [0.4, 0.5) is 8.78 Å². The summed E-state index contributed by atoms with van der Waals surface area (Å²) < 4.78 is 53.2. The highest BCUT2D eigenvalue weighted by molar-refractivity contribution is 7.89. The normalized spacial score (nSPS) is 26.2. The van der Waals surface area contributed by atoms with Crippen molar-refractivity contribution < 1.29 is 17.2 Å². The van der Waals surface area contributed by atoms with Crippen LogP contribution >= 0.6 is 12.4 Å². The van der Waals surface area contributed by atoms with Gasteiger partial charge in [0.1, 0.15) is 4.90 Å². The zero-order valence-electron chi connectivity index (χ0n) is 11.3. The average Bonchev–Trinajstić information content (AvgIpc) is 2.71. The predicted molar refractivity (Wildman–Crippen MR) is 76.9 cm³/mol. The number of hydrogen-bond donors (Lipinski definition) is 1. The maximum absolute atomic E-state index is 13.7. The number of benzene rings is 1. The van der Waals surface area contributed by atoms with Crippen molar-refractivity contribution in [2.75, 3.05) is 13.1 Å². The first kappa shape index (κ1) is 16.6. The molecule has 2 saturated heterocycles. The van der Waals surface area contributed by atoms with Crippen molar-refractivity contribution in [2.24, 2.45) is 0 Å². The van der Waals surface area contributed by atoms with Crippen molar-refractivity contribution in [1.29, 1.82) is 0 Å². The van der Waals surface area contributed by atoms with Gasteiger partial charge in [-0.3, -0.25) is 0 Å². The van der Waals surface area contributed by atoms with Crippen LogP contribution in [0, 0.1) is 11.6 Å². The maximum atomic E-state index is 13.7. The van der Waals surface area contributed by atoms with Gasteiger partial charge in [0.05, 0.1) is 0 Å². The van der Waals surface area contributed by atoms with E-state index in [1.54, 1.807) is 0 Å². The fourth-order valence-electron chi connectivity index (χ4n) is 2.95. The first-order chi connectivity index (χ1) is 9.48. The number of halogens is 3. The Labute approximate surface area is 129 Å². The van der Waals surface area contributed by atoms with Gasteiger partial charge in [-0.2, -0.15) is 4.31 Å². The summed E-state index contributed by atoms with van der Waals surface area (Å²) in [5.74, 6) is -2.43. The van der Waals surface area contributed by atoms with Gasteiger partial charge in [0, 0.05) is 25.2 Å². The van der Waals surface area contributed by atoms with Gasteiger partial charge >= 0.3 is 0 Å². The molecule has 0 radical (unpaired) electrons. The van der Waals surface area contributed by atoms with Gasteiger partial charge in [0.25, 0.3) is 0 Å². The second kappa shape index (κ2) is 6.16. The van der Waals surface area contributed by atoms with E-state index < -0.39 is 26.6 Å². The molecule has 2 atom stereocenters. The highest BCUT2D eigenvalue weighted by Crippen LogP contribution is 2.26. The summed E-state index contributed by atoms with van der Waals surface area (Å²) >= 11 is 0. The van der Waals surface area contributed by atoms with E-state index in [9.17, 15) is 17.2 Å². The molecular weight excluding hydrogens is 322 g/mol. The summed E-state index contributed by atoms with van der Waals surface area (Å²) in [6.45, 7) is 0.654. The highest BCUT2D eigenvalue weighted by Gasteiger charge is 2.36. The second-order valence-electron chi connectivity index (χ2n) is 5.34. The first-order valence-corrected chi connectivity index (χ1v) is 8.12. The Balaban J connectivity index is 0.00000161. The van der Waals surface area contributed by atoms with Crippen molar-refractivity contribution in [1.82, 2.24) is 9.62 Å². The summed E-state index contributed by atoms with van der Waals surface area (Å²) in [5, 5.41) is 3.36. The quantitative estimate of drug-likeness (QED) is 0.896. The van der Waals surface area contributed by atoms with E-state index in [0.29, 0.717) is 25.6 Å². The minimum atomic E-state index is -3.98. The molecule has 1 aromatic rings. The molecule has 2 aliphatic rings. The minimum Gasteiger partial charge on any atom is -0.310 e. The second-order valence-corrected chi connectivity index (χ2v) is 7.25. The molecule has 2 bridgehead atoms. The van der Waals surface area contributed by atoms with E-state index in [-0.39, 0.29) is 18.4 Å². The van der Waals surface area contributed by atoms with Gasteiger partial charge < -0.3 is 5.32 Å². The Hall–Kier alpha value is -0.760. The minimum absolute atomic E-state index is 0. The Morgan fingerprint density at radius 3 is 2.62 bits per heavy atom. The Morgan fingerprint density at radius 2 is 1.86 bits per heavy atom. The zero-order chi connectivity index (χ0) is 14.3. The largest absolute Gasteiger partial charge is 0.310 e. The molecule has 0 spiro atoms. The van der Waals surface area contributed by atoms with E-state index >= 15 is 0 Å². The number of sulfonamides is 1. The SMILES string of the molecule is Cl.O=S(=O)(c1cccc(F)c1F)N1CCC2CCC(C1)N2. The Kier molecular flexibility index (Phi) is 4.87. The number of fused-ring (bicyclic) bond motifs is 2. The van der Waals surface area contributed by atoms with Crippen molar-refractivity contribution in [3.63, 3.8) is 0 Å². The molecule has 0 aromatic heterocycles. The van der Waals surface area contributed by atoms with Crippen LogP contribution in [0.1, 0.15) is 19.3 Å². The summed E-state index contributed by atoms with van der Waals surface area (Å²) in [6, 6.07) is 3.68. The van der Waals surface area contributed by atoms with E-state index in [2.05, 4.69) is 5.32 Å². The zero-order valence-corrected chi connectivity index (χ0v) is 12.9. The molecule has 2 heterocycles. The van der Waals surface area contributed by atoms with E-state index in [1.807, 2.05) is 0 Å². The fourth-order valence-corrected chi connectivity index (χ4v) is 4.53. The smallest absolute Gasteiger partial charge is 0.246 e. The van der Waals surface area contributed by atoms with Gasteiger partial charge in [0.15, 0.2) is 11.6 Å². The fraction of sp³-hybridized carbons (Fsp3) is 0.538. The summed E-state index contributed by atoms with van der Waals surface area (Å²) in [5.41, 5.74) is 0. The monoisotopic (exact) mass is 338 g/mol. The van der Waals surface area contributed by atoms with Gasteiger partial charge in [-0.1, -0.05) is 6.07 Å². The number of hydrogen-bond acceptors (Lipinski definition) is 3. The summed E-state index contributed by atoms with van der Waals surface area (Å²) in [4.78, 5) is -0.574. The average molecular weight is 339 g/mol. The third kappa shape index (κ3) is 3.06. The van der Waals surface area contributed by atoms with Crippen LogP contribution in [0.2, 0.25) is 0 Å². The Bertz CT molecular complexity index is 627. The molecule has 0 saturated carbocycles. The van der Waals surface area contributed by atoms with E-state index in [4.69, 9.17) is 0 Å². The molecule has 0 aliphatic carbocycles. The lowest BCUT2D eigenvalue weighted by atomic mass is 10.1. The lowest BCUT2D eigenvalue weighted by molar-refractivity contribution is 0.379. The summed E-state index contributed by atoms with van der Waals surface area (Å²) in [7, 11) is -3.98. The van der Waals surface area contributed by atoms with Gasteiger partial charge in [-0.15, -0.1) is 12.4 Å². The van der Waals surface area contributed by atoms with E-state index in [1.165, 1.54) is 10.4 Å². The molecule has 118 valence electrons. The van der Waals surface area contributed by atoms with E-state index in [0.717, 1.165) is 25.0 Å². The molecule has 0 amide bonds. The van der Waals surface area contributed by atoms with Crippen LogP contribution < -0.4 is 5.32 Å². The lowest BCUT2D eigenvalue weighted by Gasteiger charge is -2.23. The third-order valence-electron chi connectivity index (χ3n) is 4.02. The van der Waals surface area contributed by atoms with Crippen LogP contribution in [-0.2, 0) is 10.0 Å². The molecule has 2 fully saturated rings. The van der Waals surface area contributed by atoms with Crippen molar-refractivity contribution in [2.45, 2.75) is 36.2 Å². The topological polar surface area (TPSA) is 49.4 Å². The van der Waals surface area contributed by atoms with Gasteiger partial charge in [-0.25, -0.2) is 17.2 Å². The van der Waals surface area contributed by atoms with Gasteiger partial charge in [0.2, 0.25) is 10.0 Å². The van der Waals surface area contributed by atoms with Crippen molar-refractivity contribution in [3.05, 3.63) is 29.8 Å². The number of nitrogens with zero attached hydrogens (tertiary/aromatic N) is 1. The molecule has 4 nitrogen and oxygen atoms in total. The molecule has 1 aromatic carbocycles. The summed E-state index contributed by atoms with van der Waals surface area (Å²) in [6.07, 6.45) is 2.67. The number of rotatable bonds is 2. The maximum Gasteiger partial charge on any atom is 0.246 e. The van der Waals surface area contributed by atoms with Crippen LogP contribution in [0.15, 0.2) is 23.1 Å². The predicted octanol–water partition coefficient (Wildman–Crippen LogP) is 1.90. The van der Waals surface area contributed by atoms with Crippen molar-refractivity contribution in [3.8, 4) is 0 Å². The third-order valence-corrected chi connectivity index (χ3v) is 5.90. The molecule has 2 unspecified atom stereocenters. The molecule has 3 rings (SSSR count). The molecular formula is C13H17ClF2N2O2S. The lowest BCUT2D eigenvalue weighted by Crippen LogP contribution is -2.39. The molecule has 1 N–H and O–H groups in total. The van der Waals surface area contributed by atoms with Crippen LogP contribution in [0.5, 0.6) is 0 Å². The van der Waals surface area contributed by atoms with Crippen LogP contribution in [0.3, 0.4) is 0 Å². The van der Waals surface area contributed by atoms with Crippen LogP contribution in [0.25, 0.3) is 0 Å².